The Morgan fingerprint density at radius 1 is 1.50 bits per heavy atom. The Hall–Kier alpha value is -1.38. The topological polar surface area (TPSA) is 48.2 Å². The van der Waals surface area contributed by atoms with Crippen molar-refractivity contribution in [2.24, 2.45) is 4.99 Å². The van der Waals surface area contributed by atoms with Crippen LogP contribution in [0.5, 0.6) is 0 Å². The molecule has 0 fully saturated rings. The Balaban J connectivity index is 3.10. The summed E-state index contributed by atoms with van der Waals surface area (Å²) >= 11 is 0. The first-order valence-corrected chi connectivity index (χ1v) is 4.88. The monoisotopic (exact) mass is 191 g/mol. The van der Waals surface area contributed by atoms with Crippen LogP contribution in [-0.4, -0.2) is 12.6 Å². The molecule has 0 aromatic heterocycles. The van der Waals surface area contributed by atoms with Crippen molar-refractivity contribution in [2.75, 3.05) is 0 Å². The number of allylic oxidation sites excluding steroid dienone is 3. The van der Waals surface area contributed by atoms with Crippen LogP contribution in [-0.2, 0) is 0 Å². The Bertz CT molecular complexity index is 321. The molecule has 0 bridgehead atoms. The SMILES string of the molecule is CCC1=C(C)C(C)=C(NC=N)N=CC1. The molecule has 14 heavy (non-hydrogen) atoms. The van der Waals surface area contributed by atoms with E-state index in [1.54, 1.807) is 0 Å². The number of aliphatic imine (C=N–C) groups is 1. The third-order valence-electron chi connectivity index (χ3n) is 2.64. The van der Waals surface area contributed by atoms with Gasteiger partial charge in [-0.1, -0.05) is 12.5 Å². The summed E-state index contributed by atoms with van der Waals surface area (Å²) in [5, 5.41) is 9.84. The zero-order chi connectivity index (χ0) is 10.6. The Kier molecular flexibility index (Phi) is 3.63. The van der Waals surface area contributed by atoms with E-state index in [0.29, 0.717) is 0 Å². The second kappa shape index (κ2) is 4.74. The van der Waals surface area contributed by atoms with Gasteiger partial charge < -0.3 is 5.32 Å². The highest BCUT2D eigenvalue weighted by atomic mass is 15.0. The van der Waals surface area contributed by atoms with E-state index in [1.165, 1.54) is 17.5 Å². The van der Waals surface area contributed by atoms with Gasteiger partial charge in [0.15, 0.2) is 0 Å². The van der Waals surface area contributed by atoms with Crippen LogP contribution in [0.2, 0.25) is 0 Å². The molecule has 1 aliphatic rings. The van der Waals surface area contributed by atoms with Gasteiger partial charge in [0.05, 0.1) is 6.34 Å². The van der Waals surface area contributed by atoms with E-state index in [-0.39, 0.29) is 0 Å². The predicted octanol–water partition coefficient (Wildman–Crippen LogP) is 2.62. The lowest BCUT2D eigenvalue weighted by Crippen LogP contribution is -2.10. The maximum Gasteiger partial charge on any atom is 0.133 e. The van der Waals surface area contributed by atoms with Gasteiger partial charge in [0, 0.05) is 12.6 Å². The third-order valence-corrected chi connectivity index (χ3v) is 2.64. The van der Waals surface area contributed by atoms with Crippen LogP contribution in [0.4, 0.5) is 0 Å². The molecule has 3 heteroatoms. The molecule has 0 atom stereocenters. The summed E-state index contributed by atoms with van der Waals surface area (Å²) in [4.78, 5) is 4.29. The van der Waals surface area contributed by atoms with Gasteiger partial charge in [0.2, 0.25) is 0 Å². The van der Waals surface area contributed by atoms with E-state index in [1.807, 2.05) is 13.1 Å². The molecular weight excluding hydrogens is 174 g/mol. The van der Waals surface area contributed by atoms with Gasteiger partial charge in [-0.3, -0.25) is 5.41 Å². The average Bonchev–Trinajstić information content (AvgIpc) is 2.32. The van der Waals surface area contributed by atoms with E-state index in [9.17, 15) is 0 Å². The molecule has 0 spiro atoms. The van der Waals surface area contributed by atoms with E-state index in [0.717, 1.165) is 24.2 Å². The van der Waals surface area contributed by atoms with Crippen molar-refractivity contribution in [1.29, 1.82) is 5.41 Å². The molecule has 0 saturated heterocycles. The molecule has 0 aliphatic carbocycles. The lowest BCUT2D eigenvalue weighted by atomic mass is 9.99. The molecule has 0 aromatic carbocycles. The predicted molar refractivity (Wildman–Crippen MR) is 60.7 cm³/mol. The number of nitrogens with zero attached hydrogens (tertiary/aromatic N) is 1. The van der Waals surface area contributed by atoms with Crippen molar-refractivity contribution in [1.82, 2.24) is 5.32 Å². The Morgan fingerprint density at radius 2 is 2.21 bits per heavy atom. The second-order valence-corrected chi connectivity index (χ2v) is 3.36. The van der Waals surface area contributed by atoms with Crippen LogP contribution < -0.4 is 5.32 Å². The van der Waals surface area contributed by atoms with Gasteiger partial charge in [-0.25, -0.2) is 4.99 Å². The van der Waals surface area contributed by atoms with Crippen LogP contribution in [0.25, 0.3) is 0 Å². The van der Waals surface area contributed by atoms with Crippen molar-refractivity contribution < 1.29 is 0 Å². The molecule has 2 N–H and O–H groups in total. The van der Waals surface area contributed by atoms with Gasteiger partial charge in [-0.2, -0.15) is 0 Å². The van der Waals surface area contributed by atoms with E-state index >= 15 is 0 Å². The quantitative estimate of drug-likeness (QED) is 0.523. The molecule has 1 rings (SSSR count). The summed E-state index contributed by atoms with van der Waals surface area (Å²) < 4.78 is 0. The molecule has 0 unspecified atom stereocenters. The van der Waals surface area contributed by atoms with Gasteiger partial charge in [-0.05, 0) is 31.4 Å². The maximum absolute atomic E-state index is 7.00. The number of nitrogens with one attached hydrogen (secondary N) is 2. The first-order valence-electron chi connectivity index (χ1n) is 4.88. The van der Waals surface area contributed by atoms with Crippen LogP contribution >= 0.6 is 0 Å². The largest absolute Gasteiger partial charge is 0.331 e. The zero-order valence-electron chi connectivity index (χ0n) is 9.02. The lowest BCUT2D eigenvalue weighted by molar-refractivity contribution is 1.01. The summed E-state index contributed by atoms with van der Waals surface area (Å²) in [5.74, 6) is 0.793. The average molecular weight is 191 g/mol. The van der Waals surface area contributed by atoms with Crippen LogP contribution in [0, 0.1) is 5.41 Å². The fourth-order valence-corrected chi connectivity index (χ4v) is 1.56. The van der Waals surface area contributed by atoms with Crippen LogP contribution in [0.1, 0.15) is 33.6 Å². The van der Waals surface area contributed by atoms with Crippen LogP contribution in [0.3, 0.4) is 0 Å². The minimum absolute atomic E-state index is 0.793. The molecule has 0 saturated carbocycles. The van der Waals surface area contributed by atoms with E-state index in [4.69, 9.17) is 5.41 Å². The number of hydrogen-bond donors (Lipinski definition) is 2. The Labute approximate surface area is 85.1 Å². The van der Waals surface area contributed by atoms with Crippen molar-refractivity contribution in [3.05, 3.63) is 22.5 Å². The fourth-order valence-electron chi connectivity index (χ4n) is 1.56. The van der Waals surface area contributed by atoms with E-state index < -0.39 is 0 Å². The first-order chi connectivity index (χ1) is 6.70. The number of rotatable bonds is 3. The first kappa shape index (κ1) is 10.7. The fraction of sp³-hybridized carbons (Fsp3) is 0.455. The molecular formula is C11H17N3. The van der Waals surface area contributed by atoms with Gasteiger partial charge in [0.1, 0.15) is 5.82 Å². The maximum atomic E-state index is 7.00. The standard InChI is InChI=1S/C11H17N3/c1-4-10-5-6-13-11(14-7-12)9(3)8(10)2/h6-7H,4-5H2,1-3H3,(H2,12,14). The molecule has 1 heterocycles. The second-order valence-electron chi connectivity index (χ2n) is 3.36. The molecule has 0 aromatic rings. The highest BCUT2D eigenvalue weighted by Crippen LogP contribution is 2.23. The van der Waals surface area contributed by atoms with Crippen molar-refractivity contribution in [3.63, 3.8) is 0 Å². The summed E-state index contributed by atoms with van der Waals surface area (Å²) in [7, 11) is 0. The normalized spacial score (nSPS) is 17.1. The van der Waals surface area contributed by atoms with E-state index in [2.05, 4.69) is 24.2 Å². The van der Waals surface area contributed by atoms with Crippen molar-refractivity contribution in [2.45, 2.75) is 33.6 Å². The molecule has 76 valence electrons. The molecule has 1 aliphatic heterocycles. The summed E-state index contributed by atoms with van der Waals surface area (Å²) in [6.45, 7) is 6.32. The summed E-state index contributed by atoms with van der Waals surface area (Å²) in [6, 6.07) is 0. The highest BCUT2D eigenvalue weighted by Gasteiger charge is 2.09. The zero-order valence-corrected chi connectivity index (χ0v) is 9.02. The number of hydrogen-bond acceptors (Lipinski definition) is 2. The van der Waals surface area contributed by atoms with Gasteiger partial charge >= 0.3 is 0 Å². The summed E-state index contributed by atoms with van der Waals surface area (Å²) in [6.07, 6.45) is 5.06. The highest BCUT2D eigenvalue weighted by molar-refractivity contribution is 5.67. The minimum Gasteiger partial charge on any atom is -0.331 e. The van der Waals surface area contributed by atoms with Gasteiger partial charge in [-0.15, -0.1) is 0 Å². The Morgan fingerprint density at radius 3 is 2.79 bits per heavy atom. The third kappa shape index (κ3) is 2.10. The molecule has 0 radical (unpaired) electrons. The minimum atomic E-state index is 0.793. The van der Waals surface area contributed by atoms with Crippen molar-refractivity contribution in [3.8, 4) is 0 Å². The van der Waals surface area contributed by atoms with Crippen LogP contribution in [0.15, 0.2) is 27.5 Å². The molecule has 0 amide bonds. The summed E-state index contributed by atoms with van der Waals surface area (Å²) in [5.41, 5.74) is 3.86. The lowest BCUT2D eigenvalue weighted by Gasteiger charge is -2.08. The molecule has 3 nitrogen and oxygen atoms in total. The smallest absolute Gasteiger partial charge is 0.133 e. The van der Waals surface area contributed by atoms with Crippen molar-refractivity contribution >= 4 is 12.6 Å². The van der Waals surface area contributed by atoms with Gasteiger partial charge in [0.25, 0.3) is 0 Å².